The quantitative estimate of drug-likeness (QED) is 0.733. The van der Waals surface area contributed by atoms with Crippen LogP contribution in [0.4, 0.5) is 0 Å². The third kappa shape index (κ3) is 3.92. The summed E-state index contributed by atoms with van der Waals surface area (Å²) in [6, 6.07) is 17.2. The average molecular weight is 377 g/mol. The number of rotatable bonds is 5. The van der Waals surface area contributed by atoms with Crippen molar-refractivity contribution in [3.63, 3.8) is 0 Å². The van der Waals surface area contributed by atoms with Gasteiger partial charge in [-0.3, -0.25) is 9.69 Å². The van der Waals surface area contributed by atoms with Crippen LogP contribution >= 0.6 is 0 Å². The highest BCUT2D eigenvalue weighted by molar-refractivity contribution is 5.82. The molecule has 3 aromatic rings. The molecule has 6 heteroatoms. The zero-order chi connectivity index (χ0) is 19.5. The van der Waals surface area contributed by atoms with Gasteiger partial charge in [0.25, 0.3) is 0 Å². The Balaban J connectivity index is 1.53. The number of ether oxygens (including phenoxy) is 1. The van der Waals surface area contributed by atoms with Gasteiger partial charge in [-0.2, -0.15) is 0 Å². The molecular formula is C22H23N3O3. The van der Waals surface area contributed by atoms with Crippen LogP contribution in [0, 0.1) is 6.92 Å². The molecule has 1 amide bonds. The number of para-hydroxylation sites is 1. The number of piperazine rings is 1. The zero-order valence-corrected chi connectivity index (χ0v) is 16.0. The molecule has 0 aliphatic carbocycles. The van der Waals surface area contributed by atoms with Gasteiger partial charge in [0.2, 0.25) is 11.8 Å². The maximum absolute atomic E-state index is 11.9. The number of nitrogens with zero attached hydrogens (tertiary/aromatic N) is 2. The van der Waals surface area contributed by atoms with Crippen LogP contribution in [0.1, 0.15) is 18.4 Å². The minimum absolute atomic E-state index is 0.0541. The predicted octanol–water partition coefficient (Wildman–Crippen LogP) is 3.76. The number of hydrogen-bond acceptors (Lipinski definition) is 5. The van der Waals surface area contributed by atoms with E-state index in [1.54, 1.807) is 0 Å². The summed E-state index contributed by atoms with van der Waals surface area (Å²) in [6.07, 6.45) is 0. The smallest absolute Gasteiger partial charge is 0.237 e. The maximum atomic E-state index is 11.9. The van der Waals surface area contributed by atoms with Crippen molar-refractivity contribution < 1.29 is 13.9 Å². The molecule has 0 bridgehead atoms. The Bertz CT molecular complexity index is 968. The number of carbonyl (C=O) groups is 1. The Hall–Kier alpha value is -3.12. The van der Waals surface area contributed by atoms with E-state index in [1.165, 1.54) is 0 Å². The lowest BCUT2D eigenvalue weighted by molar-refractivity contribution is -0.128. The van der Waals surface area contributed by atoms with Crippen molar-refractivity contribution in [2.75, 3.05) is 13.1 Å². The van der Waals surface area contributed by atoms with E-state index in [0.717, 1.165) is 35.1 Å². The van der Waals surface area contributed by atoms with E-state index in [-0.39, 0.29) is 11.9 Å². The Labute approximate surface area is 164 Å². The number of nitrogens with one attached hydrogen (secondary N) is 1. The van der Waals surface area contributed by atoms with Crippen molar-refractivity contribution in [1.29, 1.82) is 0 Å². The normalized spacial score (nSPS) is 17.4. The standard InChI is InChI=1S/C22H23N3O3/c1-15-21(26)23-11-12-25(15)14-20-16(2)27-22(24-20)17-7-6-10-19(13-17)28-18-8-4-3-5-9-18/h3-10,13,15H,11-12,14H2,1-2H3,(H,23,26). The molecule has 1 atom stereocenters. The van der Waals surface area contributed by atoms with Gasteiger partial charge < -0.3 is 14.5 Å². The van der Waals surface area contributed by atoms with Crippen LogP contribution in [0.25, 0.3) is 11.5 Å². The van der Waals surface area contributed by atoms with E-state index in [1.807, 2.05) is 68.4 Å². The number of hydrogen-bond donors (Lipinski definition) is 1. The van der Waals surface area contributed by atoms with E-state index >= 15 is 0 Å². The molecule has 1 aliphatic heterocycles. The molecule has 0 saturated carbocycles. The SMILES string of the molecule is Cc1oc(-c2cccc(Oc3ccccc3)c2)nc1CN1CCNC(=O)C1C. The highest BCUT2D eigenvalue weighted by atomic mass is 16.5. The van der Waals surface area contributed by atoms with E-state index in [2.05, 4.69) is 15.2 Å². The van der Waals surface area contributed by atoms with Crippen LogP contribution in [-0.4, -0.2) is 34.9 Å². The predicted molar refractivity (Wildman–Crippen MR) is 106 cm³/mol. The second-order valence-corrected chi connectivity index (χ2v) is 6.90. The van der Waals surface area contributed by atoms with Crippen molar-refractivity contribution in [2.45, 2.75) is 26.4 Å². The van der Waals surface area contributed by atoms with Crippen molar-refractivity contribution in [1.82, 2.24) is 15.2 Å². The van der Waals surface area contributed by atoms with Gasteiger partial charge in [-0.25, -0.2) is 4.98 Å². The summed E-state index contributed by atoms with van der Waals surface area (Å²) in [4.78, 5) is 18.7. The number of aryl methyl sites for hydroxylation is 1. The fraction of sp³-hybridized carbons (Fsp3) is 0.273. The van der Waals surface area contributed by atoms with Crippen LogP contribution in [-0.2, 0) is 11.3 Å². The fourth-order valence-electron chi connectivity index (χ4n) is 3.25. The zero-order valence-electron chi connectivity index (χ0n) is 16.0. The van der Waals surface area contributed by atoms with E-state index in [9.17, 15) is 4.79 Å². The summed E-state index contributed by atoms with van der Waals surface area (Å²) < 4.78 is 11.8. The number of benzene rings is 2. The Morgan fingerprint density at radius 2 is 1.96 bits per heavy atom. The van der Waals surface area contributed by atoms with Crippen molar-refractivity contribution in [2.24, 2.45) is 0 Å². The molecule has 1 aromatic heterocycles. The minimum Gasteiger partial charge on any atom is -0.457 e. The summed E-state index contributed by atoms with van der Waals surface area (Å²) in [5.74, 6) is 2.88. The molecule has 2 heterocycles. The third-order valence-corrected chi connectivity index (χ3v) is 4.93. The molecule has 1 aliphatic rings. The second-order valence-electron chi connectivity index (χ2n) is 6.90. The first-order chi connectivity index (χ1) is 13.6. The van der Waals surface area contributed by atoms with Crippen LogP contribution < -0.4 is 10.1 Å². The summed E-state index contributed by atoms with van der Waals surface area (Å²) >= 11 is 0. The van der Waals surface area contributed by atoms with Gasteiger partial charge in [0, 0.05) is 25.2 Å². The summed E-state index contributed by atoms with van der Waals surface area (Å²) in [7, 11) is 0. The number of amides is 1. The van der Waals surface area contributed by atoms with Gasteiger partial charge >= 0.3 is 0 Å². The van der Waals surface area contributed by atoms with Gasteiger partial charge in [-0.05, 0) is 44.2 Å². The number of oxazole rings is 1. The lowest BCUT2D eigenvalue weighted by Crippen LogP contribution is -2.53. The Morgan fingerprint density at radius 3 is 2.79 bits per heavy atom. The van der Waals surface area contributed by atoms with E-state index in [0.29, 0.717) is 19.0 Å². The topological polar surface area (TPSA) is 67.6 Å². The molecule has 28 heavy (non-hydrogen) atoms. The number of aromatic nitrogens is 1. The molecule has 2 aromatic carbocycles. The second kappa shape index (κ2) is 7.86. The first-order valence-electron chi connectivity index (χ1n) is 9.41. The molecule has 144 valence electrons. The highest BCUT2D eigenvalue weighted by Crippen LogP contribution is 2.28. The molecular weight excluding hydrogens is 354 g/mol. The monoisotopic (exact) mass is 377 g/mol. The van der Waals surface area contributed by atoms with Crippen LogP contribution in [0.2, 0.25) is 0 Å². The number of carbonyl (C=O) groups excluding carboxylic acids is 1. The maximum Gasteiger partial charge on any atom is 0.237 e. The summed E-state index contributed by atoms with van der Waals surface area (Å²) in [6.45, 7) is 5.87. The largest absolute Gasteiger partial charge is 0.457 e. The first kappa shape index (κ1) is 18.3. The summed E-state index contributed by atoms with van der Waals surface area (Å²) in [5.41, 5.74) is 1.71. The molecule has 1 N–H and O–H groups in total. The Kier molecular flexibility index (Phi) is 5.12. The molecule has 1 fully saturated rings. The van der Waals surface area contributed by atoms with Crippen LogP contribution in [0.5, 0.6) is 11.5 Å². The minimum atomic E-state index is -0.170. The van der Waals surface area contributed by atoms with Gasteiger partial charge in [-0.1, -0.05) is 24.3 Å². The molecule has 6 nitrogen and oxygen atoms in total. The summed E-state index contributed by atoms with van der Waals surface area (Å²) in [5, 5.41) is 2.88. The fourth-order valence-corrected chi connectivity index (χ4v) is 3.25. The lowest BCUT2D eigenvalue weighted by atomic mass is 10.2. The van der Waals surface area contributed by atoms with E-state index in [4.69, 9.17) is 9.15 Å². The van der Waals surface area contributed by atoms with Crippen LogP contribution in [0.15, 0.2) is 59.0 Å². The van der Waals surface area contributed by atoms with Gasteiger partial charge in [0.1, 0.15) is 17.3 Å². The van der Waals surface area contributed by atoms with Crippen molar-refractivity contribution in [3.8, 4) is 23.0 Å². The first-order valence-corrected chi connectivity index (χ1v) is 9.41. The molecule has 4 rings (SSSR count). The Morgan fingerprint density at radius 1 is 1.18 bits per heavy atom. The average Bonchev–Trinajstić information content (AvgIpc) is 3.07. The van der Waals surface area contributed by atoms with E-state index < -0.39 is 0 Å². The molecule has 0 radical (unpaired) electrons. The third-order valence-electron chi connectivity index (χ3n) is 4.93. The van der Waals surface area contributed by atoms with Gasteiger partial charge in [0.15, 0.2) is 0 Å². The lowest BCUT2D eigenvalue weighted by Gasteiger charge is -2.32. The van der Waals surface area contributed by atoms with Crippen LogP contribution in [0.3, 0.4) is 0 Å². The van der Waals surface area contributed by atoms with Gasteiger partial charge in [0.05, 0.1) is 11.7 Å². The van der Waals surface area contributed by atoms with Crippen molar-refractivity contribution >= 4 is 5.91 Å². The highest BCUT2D eigenvalue weighted by Gasteiger charge is 2.27. The van der Waals surface area contributed by atoms with Gasteiger partial charge in [-0.15, -0.1) is 0 Å². The molecule has 0 spiro atoms. The molecule has 1 unspecified atom stereocenters. The molecule has 1 saturated heterocycles. The van der Waals surface area contributed by atoms with Crippen molar-refractivity contribution in [3.05, 3.63) is 66.1 Å².